The average molecular weight is 469 g/mol. The molecule has 0 aliphatic carbocycles. The molecule has 1 N–H and O–H groups in total. The van der Waals surface area contributed by atoms with Gasteiger partial charge in [-0.05, 0) is 61.4 Å². The van der Waals surface area contributed by atoms with E-state index in [2.05, 4.69) is 5.32 Å². The summed E-state index contributed by atoms with van der Waals surface area (Å²) >= 11 is 0. The average Bonchev–Trinajstić information content (AvgIpc) is 3.02. The molecule has 4 rings (SSSR count). The van der Waals surface area contributed by atoms with Crippen LogP contribution in [0.5, 0.6) is 5.75 Å². The van der Waals surface area contributed by atoms with Gasteiger partial charge in [-0.1, -0.05) is 24.3 Å². The van der Waals surface area contributed by atoms with Gasteiger partial charge in [0.15, 0.2) is 0 Å². The monoisotopic (exact) mass is 468 g/mol. The fourth-order valence-electron chi connectivity index (χ4n) is 3.66. The summed E-state index contributed by atoms with van der Waals surface area (Å²) in [6, 6.07) is 16.2. The van der Waals surface area contributed by atoms with Gasteiger partial charge in [-0.25, -0.2) is 12.8 Å². The number of nitrogens with zero attached hydrogens (tertiary/aromatic N) is 1. The Labute approximate surface area is 193 Å². The van der Waals surface area contributed by atoms with E-state index in [1.807, 2.05) is 13.8 Å². The lowest BCUT2D eigenvalue weighted by Gasteiger charge is -2.20. The minimum Gasteiger partial charge on any atom is -0.492 e. The number of hydrogen-bond donors (Lipinski definition) is 1. The van der Waals surface area contributed by atoms with Crippen LogP contribution >= 0.6 is 0 Å². The molecule has 1 aliphatic rings. The highest BCUT2D eigenvalue weighted by atomic mass is 32.2. The Balaban J connectivity index is 1.55. The first-order chi connectivity index (χ1) is 15.8. The highest BCUT2D eigenvalue weighted by Crippen LogP contribution is 2.28. The Hall–Kier alpha value is -3.23. The van der Waals surface area contributed by atoms with Crippen LogP contribution in [0.4, 0.5) is 4.39 Å². The third-order valence-corrected chi connectivity index (χ3v) is 7.62. The molecule has 0 aromatic heterocycles. The lowest BCUT2D eigenvalue weighted by molar-refractivity contribution is 0.0950. The second-order valence-corrected chi connectivity index (χ2v) is 9.97. The smallest absolute Gasteiger partial charge is 0.251 e. The molecule has 0 saturated heterocycles. The summed E-state index contributed by atoms with van der Waals surface area (Å²) in [5.74, 6) is -0.229. The van der Waals surface area contributed by atoms with Gasteiger partial charge in [-0.15, -0.1) is 0 Å². The quantitative estimate of drug-likeness (QED) is 0.615. The maximum absolute atomic E-state index is 13.8. The van der Waals surface area contributed by atoms with Crippen LogP contribution in [0.2, 0.25) is 0 Å². The van der Waals surface area contributed by atoms with E-state index < -0.39 is 10.0 Å². The van der Waals surface area contributed by atoms with Crippen LogP contribution in [0.25, 0.3) is 0 Å². The molecule has 0 radical (unpaired) electrons. The van der Waals surface area contributed by atoms with Crippen LogP contribution in [0.1, 0.15) is 32.6 Å². The third kappa shape index (κ3) is 4.91. The highest BCUT2D eigenvalue weighted by molar-refractivity contribution is 7.89. The molecule has 3 aromatic carbocycles. The SMILES string of the molecule is Cc1ccc(S(=O)(=O)N2CCOc3ccc(C(=O)NCc4ccccc4F)cc3C2)cc1C. The van der Waals surface area contributed by atoms with E-state index in [0.717, 1.165) is 11.1 Å². The number of amides is 1. The minimum atomic E-state index is -3.74. The number of ether oxygens (including phenoxy) is 1. The van der Waals surface area contributed by atoms with E-state index in [0.29, 0.717) is 22.4 Å². The van der Waals surface area contributed by atoms with Crippen molar-refractivity contribution >= 4 is 15.9 Å². The number of sulfonamides is 1. The van der Waals surface area contributed by atoms with Crippen molar-refractivity contribution in [1.82, 2.24) is 9.62 Å². The first kappa shape index (κ1) is 22.9. The molecule has 1 amide bonds. The number of carbonyl (C=O) groups is 1. The van der Waals surface area contributed by atoms with Gasteiger partial charge < -0.3 is 10.1 Å². The second kappa shape index (κ2) is 9.33. The molecule has 8 heteroatoms. The number of hydrogen-bond acceptors (Lipinski definition) is 4. The van der Waals surface area contributed by atoms with Gasteiger partial charge in [0.2, 0.25) is 10.0 Å². The fraction of sp³-hybridized carbons (Fsp3) is 0.240. The number of aryl methyl sites for hydroxylation is 2. The Morgan fingerprint density at radius 1 is 1.06 bits per heavy atom. The Kier molecular flexibility index (Phi) is 6.49. The molecule has 0 spiro atoms. The molecule has 1 aliphatic heterocycles. The van der Waals surface area contributed by atoms with E-state index in [1.54, 1.807) is 54.6 Å². The summed E-state index contributed by atoms with van der Waals surface area (Å²) in [7, 11) is -3.74. The molecule has 33 heavy (non-hydrogen) atoms. The van der Waals surface area contributed by atoms with E-state index in [4.69, 9.17) is 4.74 Å². The van der Waals surface area contributed by atoms with Crippen LogP contribution in [-0.2, 0) is 23.1 Å². The largest absolute Gasteiger partial charge is 0.492 e. The van der Waals surface area contributed by atoms with Crippen LogP contribution < -0.4 is 10.1 Å². The summed E-state index contributed by atoms with van der Waals surface area (Å²) in [5, 5.41) is 2.71. The molecule has 0 bridgehead atoms. The Morgan fingerprint density at radius 2 is 1.85 bits per heavy atom. The van der Waals surface area contributed by atoms with Gasteiger partial charge in [-0.3, -0.25) is 4.79 Å². The van der Waals surface area contributed by atoms with Crippen molar-refractivity contribution in [2.75, 3.05) is 13.2 Å². The van der Waals surface area contributed by atoms with Gasteiger partial charge in [0, 0.05) is 36.3 Å². The van der Waals surface area contributed by atoms with Gasteiger partial charge in [-0.2, -0.15) is 4.31 Å². The third-order valence-electron chi connectivity index (χ3n) is 5.78. The molecule has 1 heterocycles. The summed E-state index contributed by atoms with van der Waals surface area (Å²) in [4.78, 5) is 12.9. The number of nitrogens with one attached hydrogen (secondary N) is 1. The van der Waals surface area contributed by atoms with Gasteiger partial charge in [0.05, 0.1) is 4.90 Å². The zero-order valence-corrected chi connectivity index (χ0v) is 19.3. The lowest BCUT2D eigenvalue weighted by Crippen LogP contribution is -2.32. The number of benzene rings is 3. The standard InChI is InChI=1S/C25H25FN2O4S/c1-17-7-9-22(13-18(17)2)33(30,31)28-11-12-32-24-10-8-19(14-21(24)16-28)25(29)27-15-20-5-3-4-6-23(20)26/h3-10,13-14H,11-12,15-16H2,1-2H3,(H,27,29). The topological polar surface area (TPSA) is 75.7 Å². The zero-order valence-electron chi connectivity index (χ0n) is 18.5. The predicted octanol–water partition coefficient (Wildman–Crippen LogP) is 3.96. The molecule has 172 valence electrons. The maximum atomic E-state index is 13.8. The van der Waals surface area contributed by atoms with Crippen LogP contribution in [0.15, 0.2) is 65.6 Å². The van der Waals surface area contributed by atoms with E-state index in [-0.39, 0.29) is 42.9 Å². The first-order valence-corrected chi connectivity index (χ1v) is 12.0. The molecule has 6 nitrogen and oxygen atoms in total. The van der Waals surface area contributed by atoms with Crippen molar-refractivity contribution in [3.05, 3.63) is 94.3 Å². The molecular weight excluding hydrogens is 443 g/mol. The molecule has 0 saturated carbocycles. The first-order valence-electron chi connectivity index (χ1n) is 10.6. The predicted molar refractivity (Wildman–Crippen MR) is 123 cm³/mol. The highest BCUT2D eigenvalue weighted by Gasteiger charge is 2.28. The normalized spacial score (nSPS) is 14.2. The van der Waals surface area contributed by atoms with E-state index in [1.165, 1.54) is 10.4 Å². The van der Waals surface area contributed by atoms with Crippen molar-refractivity contribution in [3.63, 3.8) is 0 Å². The van der Waals surface area contributed by atoms with Crippen molar-refractivity contribution in [2.24, 2.45) is 0 Å². The van der Waals surface area contributed by atoms with Crippen molar-refractivity contribution in [2.45, 2.75) is 31.8 Å². The Morgan fingerprint density at radius 3 is 2.61 bits per heavy atom. The van der Waals surface area contributed by atoms with Gasteiger partial charge in [0.1, 0.15) is 18.2 Å². The van der Waals surface area contributed by atoms with Gasteiger partial charge >= 0.3 is 0 Å². The molecular formula is C25H25FN2O4S. The number of carbonyl (C=O) groups excluding carboxylic acids is 1. The van der Waals surface area contributed by atoms with Crippen LogP contribution in [0, 0.1) is 19.7 Å². The van der Waals surface area contributed by atoms with E-state index >= 15 is 0 Å². The Bertz CT molecular complexity index is 1310. The second-order valence-electron chi connectivity index (χ2n) is 8.03. The molecule has 0 fully saturated rings. The van der Waals surface area contributed by atoms with Crippen molar-refractivity contribution in [1.29, 1.82) is 0 Å². The van der Waals surface area contributed by atoms with Gasteiger partial charge in [0.25, 0.3) is 5.91 Å². The summed E-state index contributed by atoms with van der Waals surface area (Å²) in [6.07, 6.45) is 0. The summed E-state index contributed by atoms with van der Waals surface area (Å²) < 4.78 is 47.5. The number of rotatable bonds is 5. The zero-order chi connectivity index (χ0) is 23.6. The molecule has 0 atom stereocenters. The summed E-state index contributed by atoms with van der Waals surface area (Å²) in [5.41, 5.74) is 3.24. The van der Waals surface area contributed by atoms with Crippen molar-refractivity contribution in [3.8, 4) is 5.75 Å². The fourth-order valence-corrected chi connectivity index (χ4v) is 5.15. The van der Waals surface area contributed by atoms with Crippen molar-refractivity contribution < 1.29 is 22.3 Å². The molecule has 3 aromatic rings. The number of halogens is 1. The minimum absolute atomic E-state index is 0.0480. The lowest BCUT2D eigenvalue weighted by atomic mass is 10.1. The maximum Gasteiger partial charge on any atom is 0.251 e. The van der Waals surface area contributed by atoms with E-state index in [9.17, 15) is 17.6 Å². The summed E-state index contributed by atoms with van der Waals surface area (Å²) in [6.45, 7) is 4.34. The van der Waals surface area contributed by atoms with Crippen LogP contribution in [-0.4, -0.2) is 31.8 Å². The molecule has 0 unspecified atom stereocenters. The number of fused-ring (bicyclic) bond motifs is 1. The van der Waals surface area contributed by atoms with Crippen LogP contribution in [0.3, 0.4) is 0 Å².